The largest absolute Gasteiger partial charge is 0.459 e. The van der Waals surface area contributed by atoms with Gasteiger partial charge in [-0.25, -0.2) is 0 Å². The highest BCUT2D eigenvalue weighted by molar-refractivity contribution is 5.96. The fourth-order valence-corrected chi connectivity index (χ4v) is 2.55. The molecular formula is C17H28O5. The Morgan fingerprint density at radius 2 is 1.45 bits per heavy atom. The van der Waals surface area contributed by atoms with E-state index in [-0.39, 0.29) is 18.1 Å². The molecule has 1 fully saturated rings. The molecular weight excluding hydrogens is 284 g/mol. The first-order valence-electron chi connectivity index (χ1n) is 7.86. The number of ketones is 1. The third kappa shape index (κ3) is 6.16. The quantitative estimate of drug-likeness (QED) is 0.592. The van der Waals surface area contributed by atoms with Gasteiger partial charge in [0.2, 0.25) is 0 Å². The van der Waals surface area contributed by atoms with Crippen LogP contribution in [0.4, 0.5) is 0 Å². The van der Waals surface area contributed by atoms with Gasteiger partial charge in [0.25, 0.3) is 0 Å². The summed E-state index contributed by atoms with van der Waals surface area (Å²) in [4.78, 5) is 36.6. The van der Waals surface area contributed by atoms with E-state index in [4.69, 9.17) is 9.47 Å². The van der Waals surface area contributed by atoms with Crippen molar-refractivity contribution in [3.8, 4) is 0 Å². The standard InChI is InChI=1S/C17H28O5/c1-16(2,3)21-14(19)13(15(20)22-17(4,5)6)11-8-7-9-12(18)10-11/h11,13H,7-10H2,1-6H3. The molecule has 0 spiro atoms. The van der Waals surface area contributed by atoms with Crippen LogP contribution in [0.3, 0.4) is 0 Å². The van der Waals surface area contributed by atoms with E-state index in [1.807, 2.05) is 0 Å². The lowest BCUT2D eigenvalue weighted by atomic mass is 9.79. The third-order valence-electron chi connectivity index (χ3n) is 3.31. The van der Waals surface area contributed by atoms with Gasteiger partial charge in [0.05, 0.1) is 0 Å². The molecule has 1 saturated carbocycles. The molecule has 5 nitrogen and oxygen atoms in total. The summed E-state index contributed by atoms with van der Waals surface area (Å²) in [5.41, 5.74) is -1.37. The summed E-state index contributed by atoms with van der Waals surface area (Å²) in [6.45, 7) is 10.5. The second-order valence-corrected chi connectivity index (χ2v) is 7.94. The molecule has 0 saturated heterocycles. The fraction of sp³-hybridized carbons (Fsp3) is 0.824. The molecule has 22 heavy (non-hydrogen) atoms. The lowest BCUT2D eigenvalue weighted by molar-refractivity contribution is -0.177. The van der Waals surface area contributed by atoms with Gasteiger partial charge in [-0.15, -0.1) is 0 Å². The van der Waals surface area contributed by atoms with E-state index in [1.54, 1.807) is 41.5 Å². The van der Waals surface area contributed by atoms with Gasteiger partial charge in [-0.1, -0.05) is 0 Å². The smallest absolute Gasteiger partial charge is 0.321 e. The highest BCUT2D eigenvalue weighted by Gasteiger charge is 2.42. The van der Waals surface area contributed by atoms with Crippen molar-refractivity contribution in [2.24, 2.45) is 11.8 Å². The molecule has 1 atom stereocenters. The lowest BCUT2D eigenvalue weighted by Gasteiger charge is -2.31. The first-order chi connectivity index (χ1) is 9.89. The van der Waals surface area contributed by atoms with Gasteiger partial charge in [0.15, 0.2) is 5.92 Å². The zero-order chi connectivity index (χ0) is 17.1. The molecule has 0 amide bonds. The van der Waals surface area contributed by atoms with Crippen LogP contribution < -0.4 is 0 Å². The van der Waals surface area contributed by atoms with Crippen LogP contribution in [-0.4, -0.2) is 28.9 Å². The maximum absolute atomic E-state index is 12.5. The average Bonchev–Trinajstić information content (AvgIpc) is 2.23. The number of rotatable bonds is 3. The molecule has 0 N–H and O–H groups in total. The van der Waals surface area contributed by atoms with Crippen LogP contribution in [0.25, 0.3) is 0 Å². The van der Waals surface area contributed by atoms with Crippen molar-refractivity contribution in [3.63, 3.8) is 0 Å². The van der Waals surface area contributed by atoms with Crippen LogP contribution in [0.1, 0.15) is 67.2 Å². The maximum atomic E-state index is 12.5. The topological polar surface area (TPSA) is 69.7 Å². The van der Waals surface area contributed by atoms with Crippen molar-refractivity contribution in [2.75, 3.05) is 0 Å². The number of esters is 2. The van der Waals surface area contributed by atoms with Gasteiger partial charge in [-0.3, -0.25) is 14.4 Å². The minimum absolute atomic E-state index is 0.0911. The van der Waals surface area contributed by atoms with Gasteiger partial charge in [-0.2, -0.15) is 0 Å². The van der Waals surface area contributed by atoms with Crippen LogP contribution in [-0.2, 0) is 23.9 Å². The molecule has 1 unspecified atom stereocenters. The number of carbonyl (C=O) groups is 3. The molecule has 5 heteroatoms. The number of hydrogen-bond acceptors (Lipinski definition) is 5. The summed E-state index contributed by atoms with van der Waals surface area (Å²) in [5.74, 6) is -2.45. The van der Waals surface area contributed by atoms with Crippen molar-refractivity contribution >= 4 is 17.7 Å². The molecule has 1 aliphatic carbocycles. The Morgan fingerprint density at radius 3 is 1.82 bits per heavy atom. The van der Waals surface area contributed by atoms with Gasteiger partial charge in [-0.05, 0) is 60.3 Å². The van der Waals surface area contributed by atoms with E-state index in [2.05, 4.69) is 0 Å². The summed E-state index contributed by atoms with van der Waals surface area (Å²) in [6, 6.07) is 0. The Labute approximate surface area is 132 Å². The van der Waals surface area contributed by atoms with Crippen LogP contribution >= 0.6 is 0 Å². The zero-order valence-corrected chi connectivity index (χ0v) is 14.5. The highest BCUT2D eigenvalue weighted by Crippen LogP contribution is 2.32. The number of Topliss-reactive ketones (excluding diaryl/α,β-unsaturated/α-hetero) is 1. The average molecular weight is 312 g/mol. The summed E-state index contributed by atoms with van der Waals surface area (Å²) in [6.07, 6.45) is 2.12. The highest BCUT2D eigenvalue weighted by atomic mass is 16.6. The molecule has 0 aliphatic heterocycles. The fourth-order valence-electron chi connectivity index (χ4n) is 2.55. The predicted molar refractivity (Wildman–Crippen MR) is 82.1 cm³/mol. The molecule has 1 rings (SSSR count). The van der Waals surface area contributed by atoms with Crippen molar-refractivity contribution in [2.45, 2.75) is 78.4 Å². The summed E-state index contributed by atoms with van der Waals surface area (Å²) in [5, 5.41) is 0. The molecule has 0 bridgehead atoms. The molecule has 0 heterocycles. The van der Waals surface area contributed by atoms with Gasteiger partial charge in [0.1, 0.15) is 17.0 Å². The van der Waals surface area contributed by atoms with E-state index in [9.17, 15) is 14.4 Å². The monoisotopic (exact) mass is 312 g/mol. The van der Waals surface area contributed by atoms with Gasteiger partial charge < -0.3 is 9.47 Å². The number of ether oxygens (including phenoxy) is 2. The molecule has 0 radical (unpaired) electrons. The van der Waals surface area contributed by atoms with Gasteiger partial charge >= 0.3 is 11.9 Å². The van der Waals surface area contributed by atoms with Crippen LogP contribution in [0.2, 0.25) is 0 Å². The summed E-state index contributed by atoms with van der Waals surface area (Å²) < 4.78 is 10.7. The van der Waals surface area contributed by atoms with E-state index in [1.165, 1.54) is 0 Å². The Morgan fingerprint density at radius 1 is 1.00 bits per heavy atom. The predicted octanol–water partition coefficient (Wildman–Crippen LogP) is 3.05. The Bertz CT molecular complexity index is 411. The lowest BCUT2D eigenvalue weighted by Crippen LogP contribution is -2.42. The van der Waals surface area contributed by atoms with E-state index >= 15 is 0 Å². The van der Waals surface area contributed by atoms with Crippen LogP contribution in [0, 0.1) is 11.8 Å². The number of hydrogen-bond donors (Lipinski definition) is 0. The Kier molecular flexibility index (Phi) is 5.76. The minimum atomic E-state index is -1.03. The first kappa shape index (κ1) is 18.7. The second-order valence-electron chi connectivity index (χ2n) is 7.94. The molecule has 0 aromatic heterocycles. The van der Waals surface area contributed by atoms with E-state index < -0.39 is 29.1 Å². The molecule has 126 valence electrons. The zero-order valence-electron chi connectivity index (χ0n) is 14.5. The third-order valence-corrected chi connectivity index (χ3v) is 3.31. The summed E-state index contributed by atoms with van der Waals surface area (Å²) >= 11 is 0. The maximum Gasteiger partial charge on any atom is 0.321 e. The van der Waals surface area contributed by atoms with Crippen molar-refractivity contribution in [3.05, 3.63) is 0 Å². The minimum Gasteiger partial charge on any atom is -0.459 e. The van der Waals surface area contributed by atoms with E-state index in [0.717, 1.165) is 0 Å². The van der Waals surface area contributed by atoms with Crippen molar-refractivity contribution < 1.29 is 23.9 Å². The van der Waals surface area contributed by atoms with Crippen LogP contribution in [0.15, 0.2) is 0 Å². The normalized spacial score (nSPS) is 20.0. The second kappa shape index (κ2) is 6.80. The van der Waals surface area contributed by atoms with Gasteiger partial charge in [0, 0.05) is 12.8 Å². The molecule has 1 aliphatic rings. The molecule has 0 aromatic carbocycles. The SMILES string of the molecule is CC(C)(C)OC(=O)C(C(=O)OC(C)(C)C)C1CCCC(=O)C1. The van der Waals surface area contributed by atoms with Crippen LogP contribution in [0.5, 0.6) is 0 Å². The summed E-state index contributed by atoms with van der Waals surface area (Å²) in [7, 11) is 0. The Balaban J connectivity index is 2.96. The first-order valence-corrected chi connectivity index (χ1v) is 7.86. The molecule has 0 aromatic rings. The number of carbonyl (C=O) groups excluding carboxylic acids is 3. The van der Waals surface area contributed by atoms with Crippen molar-refractivity contribution in [1.82, 2.24) is 0 Å². The van der Waals surface area contributed by atoms with E-state index in [0.29, 0.717) is 19.3 Å². The Hall–Kier alpha value is -1.39. The van der Waals surface area contributed by atoms with Crippen molar-refractivity contribution in [1.29, 1.82) is 0 Å².